The highest BCUT2D eigenvalue weighted by molar-refractivity contribution is 5.92. The standard InChI is InChI=1S/C13H20N4O2/c1-9(2)7-15-12(18)8-16-13(19)17-11-5-3-10(14)4-6-11/h3-6,9H,7-8,14H2,1-2H3,(H,15,18)(H2,16,17,19). The lowest BCUT2D eigenvalue weighted by Gasteiger charge is -2.09. The molecule has 6 heteroatoms. The second-order valence-corrected chi connectivity index (χ2v) is 4.63. The van der Waals surface area contributed by atoms with Gasteiger partial charge in [-0.3, -0.25) is 4.79 Å². The van der Waals surface area contributed by atoms with E-state index in [-0.39, 0.29) is 12.5 Å². The van der Waals surface area contributed by atoms with E-state index in [1.165, 1.54) is 0 Å². The van der Waals surface area contributed by atoms with Crippen LogP contribution in [-0.4, -0.2) is 25.0 Å². The zero-order valence-electron chi connectivity index (χ0n) is 11.2. The maximum absolute atomic E-state index is 11.5. The molecule has 0 aromatic heterocycles. The summed E-state index contributed by atoms with van der Waals surface area (Å²) in [5.74, 6) is 0.175. The molecule has 1 aromatic rings. The molecule has 0 bridgehead atoms. The first-order valence-corrected chi connectivity index (χ1v) is 6.14. The zero-order chi connectivity index (χ0) is 14.3. The molecular formula is C13H20N4O2. The molecule has 0 saturated carbocycles. The van der Waals surface area contributed by atoms with Gasteiger partial charge in [-0.1, -0.05) is 13.8 Å². The largest absolute Gasteiger partial charge is 0.399 e. The van der Waals surface area contributed by atoms with Gasteiger partial charge in [0.1, 0.15) is 0 Å². The van der Waals surface area contributed by atoms with Gasteiger partial charge in [-0.25, -0.2) is 4.79 Å². The van der Waals surface area contributed by atoms with E-state index in [0.29, 0.717) is 23.8 Å². The third-order valence-electron chi connectivity index (χ3n) is 2.29. The number of nitrogen functional groups attached to an aromatic ring is 1. The fourth-order valence-corrected chi connectivity index (χ4v) is 1.28. The van der Waals surface area contributed by atoms with Gasteiger partial charge in [-0.05, 0) is 30.2 Å². The van der Waals surface area contributed by atoms with Crippen molar-refractivity contribution in [3.63, 3.8) is 0 Å². The lowest BCUT2D eigenvalue weighted by molar-refractivity contribution is -0.120. The molecular weight excluding hydrogens is 244 g/mol. The number of nitrogens with one attached hydrogen (secondary N) is 3. The maximum Gasteiger partial charge on any atom is 0.319 e. The predicted octanol–water partition coefficient (Wildman–Crippen LogP) is 1.16. The highest BCUT2D eigenvalue weighted by Crippen LogP contribution is 2.09. The molecule has 0 atom stereocenters. The number of rotatable bonds is 5. The van der Waals surface area contributed by atoms with Crippen molar-refractivity contribution in [2.45, 2.75) is 13.8 Å². The molecule has 1 aromatic carbocycles. The fraction of sp³-hybridized carbons (Fsp3) is 0.385. The summed E-state index contributed by atoms with van der Waals surface area (Å²) in [7, 11) is 0. The molecule has 5 N–H and O–H groups in total. The molecule has 0 fully saturated rings. The van der Waals surface area contributed by atoms with Gasteiger partial charge in [-0.15, -0.1) is 0 Å². The average molecular weight is 264 g/mol. The predicted molar refractivity (Wildman–Crippen MR) is 75.7 cm³/mol. The van der Waals surface area contributed by atoms with Crippen LogP contribution in [0.2, 0.25) is 0 Å². The van der Waals surface area contributed by atoms with Crippen LogP contribution in [-0.2, 0) is 4.79 Å². The van der Waals surface area contributed by atoms with Crippen LogP contribution in [0.4, 0.5) is 16.2 Å². The molecule has 0 unspecified atom stereocenters. The van der Waals surface area contributed by atoms with Gasteiger partial charge < -0.3 is 21.7 Å². The summed E-state index contributed by atoms with van der Waals surface area (Å²) in [6, 6.07) is 6.32. The van der Waals surface area contributed by atoms with E-state index < -0.39 is 6.03 Å². The second kappa shape index (κ2) is 7.25. The Hall–Kier alpha value is -2.24. The van der Waals surface area contributed by atoms with Gasteiger partial charge in [0.05, 0.1) is 6.54 Å². The molecule has 0 aliphatic heterocycles. The maximum atomic E-state index is 11.5. The first-order valence-electron chi connectivity index (χ1n) is 6.14. The van der Waals surface area contributed by atoms with Crippen molar-refractivity contribution in [3.05, 3.63) is 24.3 Å². The third kappa shape index (κ3) is 6.30. The Bertz CT molecular complexity index is 429. The van der Waals surface area contributed by atoms with Crippen LogP contribution in [0.25, 0.3) is 0 Å². The van der Waals surface area contributed by atoms with Crippen molar-refractivity contribution in [2.24, 2.45) is 5.92 Å². The molecule has 1 rings (SSSR count). The summed E-state index contributed by atoms with van der Waals surface area (Å²) in [6.07, 6.45) is 0. The lowest BCUT2D eigenvalue weighted by Crippen LogP contribution is -2.39. The number of urea groups is 1. The molecule has 0 radical (unpaired) electrons. The van der Waals surface area contributed by atoms with Crippen LogP contribution >= 0.6 is 0 Å². The molecule has 6 nitrogen and oxygen atoms in total. The SMILES string of the molecule is CC(C)CNC(=O)CNC(=O)Nc1ccc(N)cc1. The summed E-state index contributed by atoms with van der Waals surface area (Å²) < 4.78 is 0. The van der Waals surface area contributed by atoms with Crippen molar-refractivity contribution in [2.75, 3.05) is 24.1 Å². The Balaban J connectivity index is 2.28. The first kappa shape index (κ1) is 14.8. The Morgan fingerprint density at radius 1 is 1.16 bits per heavy atom. The first-order chi connectivity index (χ1) is 8.97. The minimum absolute atomic E-state index is 0.0481. The molecule has 19 heavy (non-hydrogen) atoms. The number of hydrogen-bond donors (Lipinski definition) is 4. The number of amides is 3. The van der Waals surface area contributed by atoms with Crippen LogP contribution in [0.5, 0.6) is 0 Å². The van der Waals surface area contributed by atoms with Crippen molar-refractivity contribution in [3.8, 4) is 0 Å². The topological polar surface area (TPSA) is 96.2 Å². The van der Waals surface area contributed by atoms with Crippen LogP contribution < -0.4 is 21.7 Å². The number of carbonyl (C=O) groups excluding carboxylic acids is 2. The smallest absolute Gasteiger partial charge is 0.319 e. The van der Waals surface area contributed by atoms with E-state index in [2.05, 4.69) is 16.0 Å². The summed E-state index contributed by atoms with van der Waals surface area (Å²) in [4.78, 5) is 22.9. The molecule has 0 aliphatic carbocycles. The monoisotopic (exact) mass is 264 g/mol. The second-order valence-electron chi connectivity index (χ2n) is 4.63. The minimum atomic E-state index is -0.426. The summed E-state index contributed by atoms with van der Waals surface area (Å²) in [6.45, 7) is 4.55. The van der Waals surface area contributed by atoms with Gasteiger partial charge >= 0.3 is 6.03 Å². The number of carbonyl (C=O) groups is 2. The van der Waals surface area contributed by atoms with Crippen molar-refractivity contribution in [1.82, 2.24) is 10.6 Å². The number of anilines is 2. The highest BCUT2D eigenvalue weighted by Gasteiger charge is 2.05. The summed E-state index contributed by atoms with van der Waals surface area (Å²) in [5, 5.41) is 7.79. The fourth-order valence-electron chi connectivity index (χ4n) is 1.28. The molecule has 0 saturated heterocycles. The Labute approximate surface area is 112 Å². The highest BCUT2D eigenvalue weighted by atomic mass is 16.2. The van der Waals surface area contributed by atoms with Crippen molar-refractivity contribution < 1.29 is 9.59 Å². The van der Waals surface area contributed by atoms with Crippen molar-refractivity contribution in [1.29, 1.82) is 0 Å². The zero-order valence-corrected chi connectivity index (χ0v) is 11.2. The van der Waals surface area contributed by atoms with Gasteiger partial charge in [0, 0.05) is 17.9 Å². The normalized spacial score (nSPS) is 10.1. The van der Waals surface area contributed by atoms with Crippen molar-refractivity contribution >= 4 is 23.3 Å². The summed E-state index contributed by atoms with van der Waals surface area (Å²) >= 11 is 0. The van der Waals surface area contributed by atoms with E-state index in [4.69, 9.17) is 5.73 Å². The van der Waals surface area contributed by atoms with E-state index in [1.54, 1.807) is 24.3 Å². The Kier molecular flexibility index (Phi) is 5.66. The number of hydrogen-bond acceptors (Lipinski definition) is 3. The molecule has 0 heterocycles. The van der Waals surface area contributed by atoms with Crippen LogP contribution in [0.3, 0.4) is 0 Å². The Morgan fingerprint density at radius 2 is 1.79 bits per heavy atom. The molecule has 0 aliphatic rings. The molecule has 104 valence electrons. The Morgan fingerprint density at radius 3 is 2.37 bits per heavy atom. The van der Waals surface area contributed by atoms with Crippen LogP contribution in [0.15, 0.2) is 24.3 Å². The van der Waals surface area contributed by atoms with Gasteiger partial charge in [0.15, 0.2) is 0 Å². The van der Waals surface area contributed by atoms with Gasteiger partial charge in [-0.2, -0.15) is 0 Å². The molecule has 3 amide bonds. The van der Waals surface area contributed by atoms with E-state index in [1.807, 2.05) is 13.8 Å². The quantitative estimate of drug-likeness (QED) is 0.601. The third-order valence-corrected chi connectivity index (χ3v) is 2.29. The van der Waals surface area contributed by atoms with Gasteiger partial charge in [0.2, 0.25) is 5.91 Å². The van der Waals surface area contributed by atoms with Crippen LogP contribution in [0, 0.1) is 5.92 Å². The minimum Gasteiger partial charge on any atom is -0.399 e. The van der Waals surface area contributed by atoms with E-state index in [0.717, 1.165) is 0 Å². The number of benzene rings is 1. The lowest BCUT2D eigenvalue weighted by atomic mass is 10.2. The van der Waals surface area contributed by atoms with E-state index in [9.17, 15) is 9.59 Å². The number of nitrogens with two attached hydrogens (primary N) is 1. The van der Waals surface area contributed by atoms with Crippen LogP contribution in [0.1, 0.15) is 13.8 Å². The molecule has 0 spiro atoms. The van der Waals surface area contributed by atoms with E-state index >= 15 is 0 Å². The average Bonchev–Trinajstić information content (AvgIpc) is 2.36. The summed E-state index contributed by atoms with van der Waals surface area (Å²) in [5.41, 5.74) is 6.78. The van der Waals surface area contributed by atoms with Gasteiger partial charge in [0.25, 0.3) is 0 Å².